The lowest BCUT2D eigenvalue weighted by atomic mass is 9.98. The van der Waals surface area contributed by atoms with Crippen LogP contribution in [0.5, 0.6) is 0 Å². The van der Waals surface area contributed by atoms with Crippen LogP contribution in [-0.2, 0) is 54.4 Å². The first-order valence-electron chi connectivity index (χ1n) is 21.6. The van der Waals surface area contributed by atoms with Gasteiger partial charge in [-0.2, -0.15) is 37.9 Å². The standard InChI is InChI=1S/C45H56F2N10O11S3/c1-25(40(61)27-7-5-26(6-8-27)30-10-9-28(46)17-31(30)47)16-38(59)54-33(18-37(58)52-19-29-4-2-3-11-50-29)43(64)51-12-13-67-14-15-68-21-39(60)55-34(41(49)62)20-53-44(65)35(23-70)57-45(66)36(24-71)56-42(63)32(48)22-69/h2-11,17,32-36,69-71H,1,12-16,18-24,48H2,(H2,49,62)(H,51,64)(H,52,58)(H,53,65)(H,54,59)(H,55,60)(H,56,63)(H,57,66)/t32-,33?,34?,35-,36-/m0/s1. The highest BCUT2D eigenvalue weighted by Crippen LogP contribution is 2.24. The Bertz CT molecular complexity index is 2360. The molecule has 0 fully saturated rings. The lowest BCUT2D eigenvalue weighted by Crippen LogP contribution is -2.58. The quantitative estimate of drug-likeness (QED) is 0.0154. The SMILES string of the molecule is C=C(CC(=O)NC(CC(=O)NCc1ccccn1)C(=O)NCCOCCOCC(=O)NC(CNC(=O)[C@H](CS)NC(=O)[C@H](CS)NC(=O)[C@@H](N)CS)C(N)=O)C(=O)c1ccc(-c2ccc(F)cc2F)cc1. The van der Waals surface area contributed by atoms with E-state index >= 15 is 0 Å². The van der Waals surface area contributed by atoms with Crippen LogP contribution in [0.1, 0.15) is 28.9 Å². The van der Waals surface area contributed by atoms with E-state index < -0.39 is 121 Å². The number of aromatic nitrogens is 1. The maximum Gasteiger partial charge on any atom is 0.246 e. The summed E-state index contributed by atoms with van der Waals surface area (Å²) in [5.41, 5.74) is 12.0. The van der Waals surface area contributed by atoms with Gasteiger partial charge in [-0.15, -0.1) is 0 Å². The number of nitrogens with zero attached hydrogens (tertiary/aromatic N) is 1. The van der Waals surface area contributed by atoms with E-state index in [9.17, 15) is 51.9 Å². The van der Waals surface area contributed by atoms with Crippen molar-refractivity contribution in [2.24, 2.45) is 11.5 Å². The maximum absolute atomic E-state index is 14.3. The zero-order valence-electron chi connectivity index (χ0n) is 38.1. The van der Waals surface area contributed by atoms with Gasteiger partial charge < -0.3 is 58.2 Å². The third-order valence-corrected chi connectivity index (χ3v) is 10.9. The minimum Gasteiger partial charge on any atom is -0.377 e. The van der Waals surface area contributed by atoms with Gasteiger partial charge in [0.25, 0.3) is 0 Å². The van der Waals surface area contributed by atoms with Gasteiger partial charge in [-0.25, -0.2) is 8.78 Å². The molecule has 0 saturated heterocycles. The summed E-state index contributed by atoms with van der Waals surface area (Å²) in [4.78, 5) is 119. The third-order valence-electron chi connectivity index (χ3n) is 9.79. The Kier molecular flexibility index (Phi) is 25.7. The van der Waals surface area contributed by atoms with Crippen molar-refractivity contribution >= 4 is 90.9 Å². The number of benzene rings is 2. The van der Waals surface area contributed by atoms with E-state index in [1.54, 1.807) is 18.2 Å². The van der Waals surface area contributed by atoms with Crippen LogP contribution in [-0.4, -0.2) is 145 Å². The van der Waals surface area contributed by atoms with Crippen molar-refractivity contribution < 1.29 is 61.4 Å². The zero-order valence-corrected chi connectivity index (χ0v) is 40.8. The molecule has 26 heteroatoms. The van der Waals surface area contributed by atoms with Gasteiger partial charge in [0.05, 0.1) is 50.9 Å². The summed E-state index contributed by atoms with van der Waals surface area (Å²) in [5, 5.41) is 17.2. The van der Waals surface area contributed by atoms with Crippen molar-refractivity contribution in [1.82, 2.24) is 42.2 Å². The maximum atomic E-state index is 14.3. The minimum atomic E-state index is -1.40. The van der Waals surface area contributed by atoms with Gasteiger partial charge >= 0.3 is 0 Å². The van der Waals surface area contributed by atoms with Crippen molar-refractivity contribution in [2.45, 2.75) is 49.6 Å². The largest absolute Gasteiger partial charge is 0.377 e. The number of hydrogen-bond acceptors (Lipinski definition) is 16. The number of halogens is 2. The second-order valence-electron chi connectivity index (χ2n) is 15.2. The van der Waals surface area contributed by atoms with E-state index in [0.717, 1.165) is 12.1 Å². The monoisotopic (exact) mass is 1050 g/mol. The van der Waals surface area contributed by atoms with Gasteiger partial charge in [0.2, 0.25) is 47.3 Å². The molecule has 0 aliphatic rings. The number of carbonyl (C=O) groups is 9. The van der Waals surface area contributed by atoms with Crippen LogP contribution in [0.3, 0.4) is 0 Å². The average molecular weight is 1050 g/mol. The summed E-state index contributed by atoms with van der Waals surface area (Å²) >= 11 is 12.1. The molecule has 0 aliphatic carbocycles. The second kappa shape index (κ2) is 31.0. The Morgan fingerprint density at radius 3 is 1.96 bits per heavy atom. The molecule has 71 heavy (non-hydrogen) atoms. The van der Waals surface area contributed by atoms with Crippen molar-refractivity contribution in [3.05, 3.63) is 102 Å². The molecule has 21 nitrogen and oxygen atoms in total. The average Bonchev–Trinajstić information content (AvgIpc) is 3.35. The summed E-state index contributed by atoms with van der Waals surface area (Å²) in [6, 6.07) is 7.77. The van der Waals surface area contributed by atoms with E-state index in [-0.39, 0.29) is 66.9 Å². The van der Waals surface area contributed by atoms with Gasteiger partial charge in [-0.1, -0.05) is 36.9 Å². The Balaban J connectivity index is 1.44. The number of ether oxygens (including phenoxy) is 2. The fraction of sp³-hybridized carbons (Fsp3) is 0.378. The molecular weight excluding hydrogens is 991 g/mol. The highest BCUT2D eigenvalue weighted by atomic mass is 32.1. The number of nitrogens with one attached hydrogen (secondary N) is 7. The summed E-state index contributed by atoms with van der Waals surface area (Å²) in [6.07, 6.45) is 0.503. The number of hydrogen-bond donors (Lipinski definition) is 12. The highest BCUT2D eigenvalue weighted by Gasteiger charge is 2.29. The molecule has 0 radical (unpaired) electrons. The fourth-order valence-corrected chi connectivity index (χ4v) is 6.65. The Hall–Kier alpha value is -6.45. The summed E-state index contributed by atoms with van der Waals surface area (Å²) < 4.78 is 38.4. The molecule has 0 aliphatic heterocycles. The Morgan fingerprint density at radius 1 is 0.676 bits per heavy atom. The number of nitrogens with two attached hydrogens (primary N) is 2. The molecule has 3 rings (SSSR count). The molecule has 2 aromatic carbocycles. The summed E-state index contributed by atoms with van der Waals surface area (Å²) in [7, 11) is 0. The van der Waals surface area contributed by atoms with Gasteiger partial charge in [0, 0.05) is 59.3 Å². The number of Topliss-reactive ketones (excluding diaryl/α,β-unsaturated/α-hetero) is 1. The minimum absolute atomic E-state index is 0.0200. The molecule has 1 heterocycles. The normalized spacial score (nSPS) is 12.9. The van der Waals surface area contributed by atoms with Crippen LogP contribution in [0.25, 0.3) is 11.1 Å². The van der Waals surface area contributed by atoms with Crippen LogP contribution < -0.4 is 48.7 Å². The van der Waals surface area contributed by atoms with Crippen LogP contribution in [0.2, 0.25) is 0 Å². The Morgan fingerprint density at radius 2 is 1.32 bits per heavy atom. The van der Waals surface area contributed by atoms with Crippen molar-refractivity contribution in [1.29, 1.82) is 0 Å². The van der Waals surface area contributed by atoms with Gasteiger partial charge in [-0.05, 0) is 29.8 Å². The molecule has 0 saturated carbocycles. The van der Waals surface area contributed by atoms with E-state index in [1.165, 1.54) is 36.5 Å². The van der Waals surface area contributed by atoms with Crippen molar-refractivity contribution in [3.8, 4) is 11.1 Å². The number of primary amides is 1. The van der Waals surface area contributed by atoms with Crippen molar-refractivity contribution in [3.63, 3.8) is 0 Å². The van der Waals surface area contributed by atoms with Gasteiger partial charge in [0.1, 0.15) is 42.4 Å². The molecule has 384 valence electrons. The first-order valence-corrected chi connectivity index (χ1v) is 23.5. The molecule has 1 aromatic heterocycles. The van der Waals surface area contributed by atoms with E-state index in [1.807, 2.05) is 0 Å². The third kappa shape index (κ3) is 20.8. The first kappa shape index (κ1) is 58.9. The van der Waals surface area contributed by atoms with Crippen LogP contribution in [0.15, 0.2) is 79.0 Å². The molecule has 5 atom stereocenters. The fourth-order valence-electron chi connectivity index (χ4n) is 5.97. The number of ketones is 1. The smallest absolute Gasteiger partial charge is 0.246 e. The number of amides is 8. The van der Waals surface area contributed by atoms with Crippen LogP contribution in [0, 0.1) is 11.6 Å². The summed E-state index contributed by atoms with van der Waals surface area (Å²) in [6.45, 7) is 2.39. The lowest BCUT2D eigenvalue weighted by molar-refractivity contribution is -0.132. The van der Waals surface area contributed by atoms with Crippen LogP contribution >= 0.6 is 37.9 Å². The van der Waals surface area contributed by atoms with E-state index in [0.29, 0.717) is 11.3 Å². The molecule has 3 aromatic rings. The molecule has 8 amide bonds. The van der Waals surface area contributed by atoms with Gasteiger partial charge in [0.15, 0.2) is 5.78 Å². The Labute approximate surface area is 423 Å². The number of thiol groups is 3. The molecule has 11 N–H and O–H groups in total. The summed E-state index contributed by atoms with van der Waals surface area (Å²) in [5.74, 6) is -8.54. The molecular formula is C45H56F2N10O11S3. The van der Waals surface area contributed by atoms with E-state index in [4.69, 9.17) is 20.9 Å². The number of rotatable bonds is 31. The van der Waals surface area contributed by atoms with Crippen LogP contribution in [0.4, 0.5) is 8.78 Å². The predicted molar refractivity (Wildman–Crippen MR) is 265 cm³/mol. The topological polar surface area (TPSA) is 321 Å². The molecule has 0 bridgehead atoms. The first-order chi connectivity index (χ1) is 33.9. The number of carbonyl (C=O) groups excluding carboxylic acids is 9. The predicted octanol–water partition coefficient (Wildman–Crippen LogP) is -1.33. The highest BCUT2D eigenvalue weighted by molar-refractivity contribution is 7.80. The van der Waals surface area contributed by atoms with Gasteiger partial charge in [-0.3, -0.25) is 48.1 Å². The molecule has 2 unspecified atom stereocenters. The van der Waals surface area contributed by atoms with E-state index in [2.05, 4.69) is 86.7 Å². The number of pyridine rings is 1. The molecule has 0 spiro atoms. The van der Waals surface area contributed by atoms with Crippen molar-refractivity contribution in [2.75, 3.05) is 56.8 Å². The second-order valence-corrected chi connectivity index (χ2v) is 16.3. The lowest BCUT2D eigenvalue weighted by Gasteiger charge is -2.23. The zero-order chi connectivity index (χ0) is 52.5.